The predicted molar refractivity (Wildman–Crippen MR) is 64.6 cm³/mol. The van der Waals surface area contributed by atoms with Gasteiger partial charge in [-0.05, 0) is 26.0 Å². The van der Waals surface area contributed by atoms with Crippen molar-refractivity contribution >= 4 is 23.6 Å². The molecule has 1 aliphatic carbocycles. The summed E-state index contributed by atoms with van der Waals surface area (Å²) in [6.07, 6.45) is 5.76. The molecule has 0 aromatic heterocycles. The number of carbonyl (C=O) groups excluding carboxylic acids is 1. The zero-order valence-electron chi connectivity index (χ0n) is 9.78. The minimum absolute atomic E-state index is 0.170. The average molecular weight is 245 g/mol. The third kappa shape index (κ3) is 2.90. The summed E-state index contributed by atoms with van der Waals surface area (Å²) in [7, 11) is 0. The molecule has 92 valence electrons. The number of carboxylic acids is 1. The van der Waals surface area contributed by atoms with Crippen molar-refractivity contribution < 1.29 is 14.7 Å². The summed E-state index contributed by atoms with van der Waals surface area (Å²) in [5, 5.41) is 11.8. The lowest BCUT2D eigenvalue weighted by Gasteiger charge is -2.34. The minimum Gasteiger partial charge on any atom is -0.480 e. The lowest BCUT2D eigenvalue weighted by molar-refractivity contribution is -0.149. The number of carbonyl (C=O) groups is 2. The van der Waals surface area contributed by atoms with Crippen LogP contribution in [-0.2, 0) is 9.59 Å². The Kier molecular flexibility index (Phi) is 4.65. The van der Waals surface area contributed by atoms with E-state index in [1.165, 1.54) is 11.8 Å². The van der Waals surface area contributed by atoms with Crippen LogP contribution < -0.4 is 5.32 Å². The summed E-state index contributed by atoms with van der Waals surface area (Å²) < 4.78 is 0. The van der Waals surface area contributed by atoms with Gasteiger partial charge in [0.05, 0.1) is 5.25 Å². The molecule has 4 nitrogen and oxygen atoms in total. The summed E-state index contributed by atoms with van der Waals surface area (Å²) in [5.74, 6) is -1.06. The first-order valence-corrected chi connectivity index (χ1v) is 6.89. The van der Waals surface area contributed by atoms with Gasteiger partial charge in [-0.25, -0.2) is 4.79 Å². The van der Waals surface area contributed by atoms with Gasteiger partial charge in [-0.3, -0.25) is 4.79 Å². The SMILES string of the molecule is CSC(C)C(=O)NC1(C(=O)O)CCCCC1. The van der Waals surface area contributed by atoms with Gasteiger partial charge in [0.25, 0.3) is 0 Å². The number of amides is 1. The molecule has 0 spiro atoms. The zero-order valence-corrected chi connectivity index (χ0v) is 10.6. The van der Waals surface area contributed by atoms with Crippen molar-refractivity contribution in [2.45, 2.75) is 49.8 Å². The van der Waals surface area contributed by atoms with Crippen molar-refractivity contribution in [2.24, 2.45) is 0 Å². The molecule has 0 aromatic rings. The molecular weight excluding hydrogens is 226 g/mol. The van der Waals surface area contributed by atoms with E-state index in [-0.39, 0.29) is 11.2 Å². The number of aliphatic carboxylic acids is 1. The van der Waals surface area contributed by atoms with Gasteiger partial charge in [0.15, 0.2) is 0 Å². The van der Waals surface area contributed by atoms with E-state index in [4.69, 9.17) is 0 Å². The van der Waals surface area contributed by atoms with E-state index in [1.54, 1.807) is 6.92 Å². The van der Waals surface area contributed by atoms with Crippen molar-refractivity contribution in [2.75, 3.05) is 6.26 Å². The summed E-state index contributed by atoms with van der Waals surface area (Å²) in [6, 6.07) is 0. The van der Waals surface area contributed by atoms with E-state index < -0.39 is 11.5 Å². The number of thioether (sulfide) groups is 1. The molecule has 5 heteroatoms. The maximum Gasteiger partial charge on any atom is 0.329 e. The summed E-state index contributed by atoms with van der Waals surface area (Å²) in [4.78, 5) is 23.1. The van der Waals surface area contributed by atoms with Crippen molar-refractivity contribution in [3.05, 3.63) is 0 Å². The molecule has 1 atom stereocenters. The molecule has 0 bridgehead atoms. The highest BCUT2D eigenvalue weighted by molar-refractivity contribution is 7.99. The second-order valence-electron chi connectivity index (χ2n) is 4.32. The van der Waals surface area contributed by atoms with Crippen LogP contribution in [0.3, 0.4) is 0 Å². The van der Waals surface area contributed by atoms with E-state index in [0.29, 0.717) is 12.8 Å². The van der Waals surface area contributed by atoms with Crippen molar-refractivity contribution in [1.29, 1.82) is 0 Å². The Hall–Kier alpha value is -0.710. The molecule has 0 radical (unpaired) electrons. The smallest absolute Gasteiger partial charge is 0.329 e. The normalized spacial score (nSPS) is 21.1. The first-order chi connectivity index (χ1) is 7.52. The molecule has 1 rings (SSSR count). The Labute approximate surface area is 100 Å². The van der Waals surface area contributed by atoms with Crippen LogP contribution in [0.2, 0.25) is 0 Å². The summed E-state index contributed by atoms with van der Waals surface area (Å²) >= 11 is 1.43. The fraction of sp³-hybridized carbons (Fsp3) is 0.818. The molecule has 0 saturated heterocycles. The van der Waals surface area contributed by atoms with Gasteiger partial charge in [-0.1, -0.05) is 19.3 Å². The summed E-state index contributed by atoms with van der Waals surface area (Å²) in [5.41, 5.74) is -1.01. The highest BCUT2D eigenvalue weighted by Gasteiger charge is 2.41. The highest BCUT2D eigenvalue weighted by Crippen LogP contribution is 2.29. The Morgan fingerprint density at radius 2 is 1.88 bits per heavy atom. The third-order valence-electron chi connectivity index (χ3n) is 3.20. The molecule has 16 heavy (non-hydrogen) atoms. The van der Waals surface area contributed by atoms with E-state index in [1.807, 2.05) is 6.26 Å². The van der Waals surface area contributed by atoms with Gasteiger partial charge < -0.3 is 10.4 Å². The van der Waals surface area contributed by atoms with Crippen LogP contribution in [0.15, 0.2) is 0 Å². The van der Waals surface area contributed by atoms with Crippen LogP contribution in [0, 0.1) is 0 Å². The predicted octanol–water partition coefficient (Wildman–Crippen LogP) is 1.64. The average Bonchev–Trinajstić information content (AvgIpc) is 2.28. The van der Waals surface area contributed by atoms with Gasteiger partial charge in [-0.2, -0.15) is 11.8 Å². The Morgan fingerprint density at radius 1 is 1.31 bits per heavy atom. The lowest BCUT2D eigenvalue weighted by Crippen LogP contribution is -2.57. The molecule has 2 N–H and O–H groups in total. The Balaban J connectivity index is 2.71. The van der Waals surface area contributed by atoms with Crippen LogP contribution in [0.5, 0.6) is 0 Å². The summed E-state index contributed by atoms with van der Waals surface area (Å²) in [6.45, 7) is 1.79. The molecule has 1 saturated carbocycles. The number of nitrogens with one attached hydrogen (secondary N) is 1. The van der Waals surface area contributed by atoms with Crippen molar-refractivity contribution in [3.8, 4) is 0 Å². The Bertz CT molecular complexity index is 274. The van der Waals surface area contributed by atoms with Gasteiger partial charge in [0.1, 0.15) is 5.54 Å². The maximum atomic E-state index is 11.8. The fourth-order valence-corrected chi connectivity index (χ4v) is 2.27. The van der Waals surface area contributed by atoms with Crippen LogP contribution in [0.1, 0.15) is 39.0 Å². The zero-order chi connectivity index (χ0) is 12.2. The van der Waals surface area contributed by atoms with E-state index >= 15 is 0 Å². The second-order valence-corrected chi connectivity index (χ2v) is 5.49. The van der Waals surface area contributed by atoms with Crippen molar-refractivity contribution in [3.63, 3.8) is 0 Å². The van der Waals surface area contributed by atoms with E-state index in [0.717, 1.165) is 19.3 Å². The maximum absolute atomic E-state index is 11.8. The highest BCUT2D eigenvalue weighted by atomic mass is 32.2. The molecule has 1 aliphatic rings. The van der Waals surface area contributed by atoms with Gasteiger partial charge in [0.2, 0.25) is 5.91 Å². The number of hydrogen-bond donors (Lipinski definition) is 2. The quantitative estimate of drug-likeness (QED) is 0.790. The molecule has 1 unspecified atom stereocenters. The molecule has 1 amide bonds. The molecule has 0 heterocycles. The second kappa shape index (κ2) is 5.57. The van der Waals surface area contributed by atoms with Gasteiger partial charge in [0, 0.05) is 0 Å². The Morgan fingerprint density at radius 3 is 2.31 bits per heavy atom. The van der Waals surface area contributed by atoms with Crippen LogP contribution in [-0.4, -0.2) is 34.0 Å². The van der Waals surface area contributed by atoms with Crippen LogP contribution in [0.25, 0.3) is 0 Å². The van der Waals surface area contributed by atoms with Crippen molar-refractivity contribution in [1.82, 2.24) is 5.32 Å². The van der Waals surface area contributed by atoms with E-state index in [2.05, 4.69) is 5.32 Å². The third-order valence-corrected chi connectivity index (χ3v) is 4.12. The number of hydrogen-bond acceptors (Lipinski definition) is 3. The first-order valence-electron chi connectivity index (χ1n) is 5.60. The first kappa shape index (κ1) is 13.4. The van der Waals surface area contributed by atoms with Gasteiger partial charge in [-0.15, -0.1) is 0 Å². The number of carboxylic acid groups (broad SMARTS) is 1. The molecule has 0 aliphatic heterocycles. The molecule has 1 fully saturated rings. The topological polar surface area (TPSA) is 66.4 Å². The van der Waals surface area contributed by atoms with Gasteiger partial charge >= 0.3 is 5.97 Å². The molecule has 0 aromatic carbocycles. The minimum atomic E-state index is -1.01. The fourth-order valence-electron chi connectivity index (χ4n) is 1.99. The monoisotopic (exact) mass is 245 g/mol. The van der Waals surface area contributed by atoms with E-state index in [9.17, 15) is 14.7 Å². The molecular formula is C11H19NO3S. The number of rotatable bonds is 4. The standard InChI is InChI=1S/C11H19NO3S/c1-8(16-2)9(13)12-11(10(14)15)6-4-3-5-7-11/h8H,3-7H2,1-2H3,(H,12,13)(H,14,15). The van der Waals surface area contributed by atoms with Crippen LogP contribution in [0.4, 0.5) is 0 Å². The van der Waals surface area contributed by atoms with Crippen LogP contribution >= 0.6 is 11.8 Å². The lowest BCUT2D eigenvalue weighted by atomic mass is 9.81. The largest absolute Gasteiger partial charge is 0.480 e.